The molecule has 0 aromatic heterocycles. The third-order valence-corrected chi connectivity index (χ3v) is 2.79. The lowest BCUT2D eigenvalue weighted by Crippen LogP contribution is -2.24. The third kappa shape index (κ3) is 3.14. The average Bonchev–Trinajstić information content (AvgIpc) is 2.46. The predicted molar refractivity (Wildman–Crippen MR) is 77.7 cm³/mol. The molecule has 0 aliphatic carbocycles. The quantitative estimate of drug-likeness (QED) is 0.568. The van der Waals surface area contributed by atoms with E-state index in [-0.39, 0.29) is 11.3 Å². The van der Waals surface area contributed by atoms with E-state index < -0.39 is 5.91 Å². The summed E-state index contributed by atoms with van der Waals surface area (Å²) in [5.74, 6) is -0.291. The van der Waals surface area contributed by atoms with E-state index in [1.807, 2.05) is 30.3 Å². The first-order chi connectivity index (χ1) is 9.58. The zero-order valence-electron chi connectivity index (χ0n) is 10.8. The van der Waals surface area contributed by atoms with Gasteiger partial charge in [-0.1, -0.05) is 30.3 Å². The Morgan fingerprint density at radius 1 is 1.15 bits per heavy atom. The highest BCUT2D eigenvalue weighted by atomic mass is 16.5. The Morgan fingerprint density at radius 3 is 2.50 bits per heavy atom. The summed E-state index contributed by atoms with van der Waals surface area (Å²) in [6, 6.07) is 14.5. The van der Waals surface area contributed by atoms with Crippen molar-refractivity contribution in [3.05, 3.63) is 59.7 Å². The fraction of sp³-hybridized carbons (Fsp3) is 0.0667. The van der Waals surface area contributed by atoms with Crippen LogP contribution in [0.25, 0.3) is 0 Å². The molecule has 0 atom stereocenters. The number of nitrogens with one attached hydrogen (secondary N) is 1. The Balaban J connectivity index is 2.15. The maximum Gasteiger partial charge on any atom is 0.267 e. The van der Waals surface area contributed by atoms with Crippen LogP contribution in [-0.2, 0) is 11.4 Å². The number of hydrogen-bond donors (Lipinski definition) is 3. The van der Waals surface area contributed by atoms with Crippen LogP contribution in [0.5, 0.6) is 5.75 Å². The van der Waals surface area contributed by atoms with E-state index >= 15 is 0 Å². The standard InChI is InChI=1S/C15H15N3O2/c16-13-7-6-11(8-12(13)14(17)15(18)19)20-9-10-4-2-1-3-5-10/h1-8,17H,9,16H2,(H2,18,19). The van der Waals surface area contributed by atoms with Crippen LogP contribution in [0.2, 0.25) is 0 Å². The van der Waals surface area contributed by atoms with Crippen molar-refractivity contribution in [2.45, 2.75) is 6.61 Å². The molecule has 2 rings (SSSR count). The van der Waals surface area contributed by atoms with Crippen molar-refractivity contribution in [2.24, 2.45) is 5.73 Å². The number of amides is 1. The number of ether oxygens (including phenoxy) is 1. The van der Waals surface area contributed by atoms with E-state index in [1.54, 1.807) is 18.2 Å². The Hall–Kier alpha value is -2.82. The second-order valence-electron chi connectivity index (χ2n) is 4.26. The fourth-order valence-corrected chi connectivity index (χ4v) is 1.72. The normalized spacial score (nSPS) is 10.0. The molecule has 1 amide bonds. The Kier molecular flexibility index (Phi) is 4.00. The van der Waals surface area contributed by atoms with Gasteiger partial charge in [-0.3, -0.25) is 10.2 Å². The Morgan fingerprint density at radius 2 is 1.85 bits per heavy atom. The van der Waals surface area contributed by atoms with E-state index in [9.17, 15) is 4.79 Å². The van der Waals surface area contributed by atoms with Gasteiger partial charge >= 0.3 is 0 Å². The van der Waals surface area contributed by atoms with Gasteiger partial charge in [-0.25, -0.2) is 0 Å². The highest BCUT2D eigenvalue weighted by Gasteiger charge is 2.12. The first-order valence-corrected chi connectivity index (χ1v) is 6.03. The first-order valence-electron chi connectivity index (χ1n) is 6.03. The van der Waals surface area contributed by atoms with E-state index in [0.717, 1.165) is 5.56 Å². The van der Waals surface area contributed by atoms with Crippen molar-refractivity contribution in [1.29, 1.82) is 5.41 Å². The molecule has 0 saturated heterocycles. The van der Waals surface area contributed by atoms with Crippen molar-refractivity contribution in [3.63, 3.8) is 0 Å². The third-order valence-electron chi connectivity index (χ3n) is 2.79. The molecule has 5 heteroatoms. The topological polar surface area (TPSA) is 102 Å². The van der Waals surface area contributed by atoms with Crippen LogP contribution in [0.3, 0.4) is 0 Å². The molecule has 2 aromatic carbocycles. The van der Waals surface area contributed by atoms with Gasteiger partial charge in [0, 0.05) is 11.3 Å². The summed E-state index contributed by atoms with van der Waals surface area (Å²) in [4.78, 5) is 11.0. The Bertz CT molecular complexity index is 639. The van der Waals surface area contributed by atoms with Gasteiger partial charge < -0.3 is 16.2 Å². The molecule has 102 valence electrons. The monoisotopic (exact) mass is 269 g/mol. The summed E-state index contributed by atoms with van der Waals surface area (Å²) in [5, 5.41) is 7.61. The van der Waals surface area contributed by atoms with Crippen LogP contribution in [-0.4, -0.2) is 11.6 Å². The zero-order chi connectivity index (χ0) is 14.5. The Labute approximate surface area is 116 Å². The lowest BCUT2D eigenvalue weighted by Gasteiger charge is -2.10. The van der Waals surface area contributed by atoms with E-state index in [4.69, 9.17) is 21.6 Å². The van der Waals surface area contributed by atoms with Crippen LogP contribution >= 0.6 is 0 Å². The van der Waals surface area contributed by atoms with Crippen LogP contribution < -0.4 is 16.2 Å². The van der Waals surface area contributed by atoms with E-state index in [0.29, 0.717) is 18.0 Å². The number of hydrogen-bond acceptors (Lipinski definition) is 4. The highest BCUT2D eigenvalue weighted by molar-refractivity contribution is 6.44. The molecule has 0 aliphatic heterocycles. The maximum absolute atomic E-state index is 11.0. The number of rotatable bonds is 5. The number of carbonyl (C=O) groups excluding carboxylic acids is 1. The summed E-state index contributed by atoms with van der Waals surface area (Å²) in [7, 11) is 0. The maximum atomic E-state index is 11.0. The summed E-state index contributed by atoms with van der Waals surface area (Å²) >= 11 is 0. The van der Waals surface area contributed by atoms with Gasteiger partial charge in [0.25, 0.3) is 5.91 Å². The molecule has 5 nitrogen and oxygen atoms in total. The van der Waals surface area contributed by atoms with Crippen molar-refractivity contribution < 1.29 is 9.53 Å². The predicted octanol–water partition coefficient (Wildman–Crippen LogP) is 1.70. The van der Waals surface area contributed by atoms with Gasteiger partial charge in [-0.05, 0) is 23.8 Å². The van der Waals surface area contributed by atoms with Gasteiger partial charge in [0.05, 0.1) is 0 Å². The van der Waals surface area contributed by atoms with Crippen LogP contribution in [0.4, 0.5) is 5.69 Å². The van der Waals surface area contributed by atoms with Crippen LogP contribution in [0.1, 0.15) is 11.1 Å². The number of nitrogen functional groups attached to an aromatic ring is 1. The number of benzene rings is 2. The van der Waals surface area contributed by atoms with Crippen molar-refractivity contribution in [2.75, 3.05) is 5.73 Å². The lowest BCUT2D eigenvalue weighted by atomic mass is 10.1. The summed E-state index contributed by atoms with van der Waals surface area (Å²) in [6.07, 6.45) is 0. The van der Waals surface area contributed by atoms with Gasteiger partial charge in [0.15, 0.2) is 0 Å². The number of nitrogens with two attached hydrogens (primary N) is 2. The summed E-state index contributed by atoms with van der Waals surface area (Å²) in [5.41, 5.74) is 12.1. The molecule has 0 saturated carbocycles. The number of anilines is 1. The van der Waals surface area contributed by atoms with Gasteiger partial charge in [0.2, 0.25) is 0 Å². The van der Waals surface area contributed by atoms with Crippen molar-refractivity contribution in [1.82, 2.24) is 0 Å². The molecule has 0 radical (unpaired) electrons. The van der Waals surface area contributed by atoms with Crippen LogP contribution in [0, 0.1) is 5.41 Å². The van der Waals surface area contributed by atoms with Crippen molar-refractivity contribution >= 4 is 17.3 Å². The molecule has 0 bridgehead atoms. The molecule has 5 N–H and O–H groups in total. The minimum Gasteiger partial charge on any atom is -0.489 e. The average molecular weight is 269 g/mol. The molecule has 2 aromatic rings. The second kappa shape index (κ2) is 5.88. The van der Waals surface area contributed by atoms with Gasteiger partial charge in [0.1, 0.15) is 18.1 Å². The minimum absolute atomic E-state index is 0.281. The van der Waals surface area contributed by atoms with Gasteiger partial charge in [-0.2, -0.15) is 0 Å². The zero-order valence-corrected chi connectivity index (χ0v) is 10.8. The largest absolute Gasteiger partial charge is 0.489 e. The van der Waals surface area contributed by atoms with Crippen LogP contribution in [0.15, 0.2) is 48.5 Å². The molecule has 0 fully saturated rings. The van der Waals surface area contributed by atoms with E-state index in [1.165, 1.54) is 0 Å². The van der Waals surface area contributed by atoms with Gasteiger partial charge in [-0.15, -0.1) is 0 Å². The first kappa shape index (κ1) is 13.6. The molecular formula is C15H15N3O2. The highest BCUT2D eigenvalue weighted by Crippen LogP contribution is 2.21. The minimum atomic E-state index is -0.822. The SMILES string of the molecule is N=C(C(N)=O)c1cc(OCc2ccccc2)ccc1N. The number of primary amides is 1. The molecule has 0 spiro atoms. The fourth-order valence-electron chi connectivity index (χ4n) is 1.72. The number of carbonyl (C=O) groups is 1. The lowest BCUT2D eigenvalue weighted by molar-refractivity contribution is -0.112. The smallest absolute Gasteiger partial charge is 0.267 e. The summed E-state index contributed by atoms with van der Waals surface area (Å²) in [6.45, 7) is 0.397. The molecular weight excluding hydrogens is 254 g/mol. The van der Waals surface area contributed by atoms with E-state index in [2.05, 4.69) is 0 Å². The molecule has 0 heterocycles. The molecule has 20 heavy (non-hydrogen) atoms. The van der Waals surface area contributed by atoms with Crippen molar-refractivity contribution in [3.8, 4) is 5.75 Å². The molecule has 0 aliphatic rings. The summed E-state index contributed by atoms with van der Waals surface area (Å²) < 4.78 is 5.61. The molecule has 0 unspecified atom stereocenters. The second-order valence-corrected chi connectivity index (χ2v) is 4.26.